The van der Waals surface area contributed by atoms with Crippen LogP contribution in [0, 0.1) is 6.92 Å². The van der Waals surface area contributed by atoms with Crippen molar-refractivity contribution in [2.45, 2.75) is 6.92 Å². The van der Waals surface area contributed by atoms with Crippen molar-refractivity contribution in [1.82, 2.24) is 15.4 Å². The van der Waals surface area contributed by atoms with Crippen molar-refractivity contribution in [3.63, 3.8) is 0 Å². The van der Waals surface area contributed by atoms with Crippen LogP contribution in [0.5, 0.6) is 0 Å². The van der Waals surface area contributed by atoms with E-state index in [1.807, 2.05) is 6.92 Å². The fourth-order valence-electron chi connectivity index (χ4n) is 1.11. The van der Waals surface area contributed by atoms with Crippen LogP contribution in [0.4, 0.5) is 0 Å². The van der Waals surface area contributed by atoms with Gasteiger partial charge in [-0.25, -0.2) is 10.4 Å². The Morgan fingerprint density at radius 3 is 3.19 bits per heavy atom. The minimum absolute atomic E-state index is 0.218. The van der Waals surface area contributed by atoms with Crippen molar-refractivity contribution in [2.75, 3.05) is 0 Å². The molecule has 0 unspecified atom stereocenters. The van der Waals surface area contributed by atoms with Gasteiger partial charge in [0, 0.05) is 5.69 Å². The summed E-state index contributed by atoms with van der Waals surface area (Å²) < 4.78 is 4.90. The first-order valence-electron chi connectivity index (χ1n) is 4.64. The second kappa shape index (κ2) is 4.43. The van der Waals surface area contributed by atoms with Gasteiger partial charge >= 0.3 is 5.91 Å². The number of imidazole rings is 1. The molecule has 6 heteroatoms. The zero-order valence-corrected chi connectivity index (χ0v) is 8.60. The summed E-state index contributed by atoms with van der Waals surface area (Å²) in [7, 11) is 0. The summed E-state index contributed by atoms with van der Waals surface area (Å²) in [5, 5.41) is 3.76. The molecule has 0 aliphatic heterocycles. The number of carbonyl (C=O) groups is 1. The molecule has 0 aromatic carbocycles. The fraction of sp³-hybridized carbons (Fsp3) is 0.100. The molecule has 2 heterocycles. The minimum Gasteiger partial charge on any atom is -0.459 e. The maximum Gasteiger partial charge on any atom is 0.307 e. The lowest BCUT2D eigenvalue weighted by Gasteiger charge is -1.94. The number of rotatable bonds is 3. The highest BCUT2D eigenvalue weighted by Gasteiger charge is 2.05. The highest BCUT2D eigenvalue weighted by atomic mass is 16.3. The average Bonchev–Trinajstić information content (AvgIpc) is 2.90. The van der Waals surface area contributed by atoms with E-state index in [-0.39, 0.29) is 5.76 Å². The van der Waals surface area contributed by atoms with E-state index in [1.54, 1.807) is 18.5 Å². The smallest absolute Gasteiger partial charge is 0.307 e. The van der Waals surface area contributed by atoms with Gasteiger partial charge in [0.05, 0.1) is 18.8 Å². The Morgan fingerprint density at radius 1 is 1.69 bits per heavy atom. The molecule has 2 aromatic heterocycles. The molecule has 2 aromatic rings. The monoisotopic (exact) mass is 218 g/mol. The first kappa shape index (κ1) is 10.2. The zero-order chi connectivity index (χ0) is 11.4. The summed E-state index contributed by atoms with van der Waals surface area (Å²) in [5.41, 5.74) is 3.90. The third kappa shape index (κ3) is 2.17. The number of nitrogens with one attached hydrogen (secondary N) is 2. The number of nitrogens with zero attached hydrogens (tertiary/aromatic N) is 2. The van der Waals surface area contributed by atoms with Gasteiger partial charge in [0.1, 0.15) is 5.69 Å². The van der Waals surface area contributed by atoms with Gasteiger partial charge in [0.25, 0.3) is 0 Å². The Labute approximate surface area is 91.4 Å². The first-order chi connectivity index (χ1) is 7.77. The van der Waals surface area contributed by atoms with Gasteiger partial charge in [-0.1, -0.05) is 0 Å². The average molecular weight is 218 g/mol. The lowest BCUT2D eigenvalue weighted by molar-refractivity contribution is 0.0927. The number of hydrogen-bond donors (Lipinski definition) is 2. The van der Waals surface area contributed by atoms with Gasteiger partial charge in [-0.15, -0.1) is 0 Å². The molecular weight excluding hydrogens is 208 g/mol. The molecule has 82 valence electrons. The Bertz CT molecular complexity index is 499. The van der Waals surface area contributed by atoms with Gasteiger partial charge < -0.3 is 9.40 Å². The van der Waals surface area contributed by atoms with E-state index in [1.165, 1.54) is 12.5 Å². The third-order valence-electron chi connectivity index (χ3n) is 1.97. The number of aromatic amines is 1. The summed E-state index contributed by atoms with van der Waals surface area (Å²) in [6.07, 6.45) is 4.45. The molecule has 16 heavy (non-hydrogen) atoms. The van der Waals surface area contributed by atoms with E-state index in [2.05, 4.69) is 20.5 Å². The lowest BCUT2D eigenvalue weighted by atomic mass is 10.4. The van der Waals surface area contributed by atoms with Crippen LogP contribution >= 0.6 is 0 Å². The number of hydrogen-bond acceptors (Lipinski definition) is 4. The molecule has 0 fully saturated rings. The maximum atomic E-state index is 11.4. The molecule has 2 N–H and O–H groups in total. The third-order valence-corrected chi connectivity index (χ3v) is 1.97. The predicted octanol–water partition coefficient (Wildman–Crippen LogP) is 1.08. The topological polar surface area (TPSA) is 83.3 Å². The largest absolute Gasteiger partial charge is 0.459 e. The molecule has 0 aliphatic rings. The molecule has 0 spiro atoms. The van der Waals surface area contributed by atoms with E-state index in [4.69, 9.17) is 4.42 Å². The number of amides is 1. The molecule has 0 atom stereocenters. The molecule has 0 aliphatic carbocycles. The number of furan rings is 1. The van der Waals surface area contributed by atoms with Crippen LogP contribution < -0.4 is 5.43 Å². The van der Waals surface area contributed by atoms with E-state index in [0.717, 1.165) is 5.69 Å². The predicted molar refractivity (Wildman–Crippen MR) is 57.1 cm³/mol. The van der Waals surface area contributed by atoms with Crippen LogP contribution in [0.2, 0.25) is 0 Å². The number of H-pyrrole nitrogens is 1. The summed E-state index contributed by atoms with van der Waals surface area (Å²) in [6.45, 7) is 1.86. The second-order valence-electron chi connectivity index (χ2n) is 3.09. The maximum absolute atomic E-state index is 11.4. The van der Waals surface area contributed by atoms with Crippen molar-refractivity contribution in [3.8, 4) is 0 Å². The normalized spacial score (nSPS) is 10.8. The van der Waals surface area contributed by atoms with E-state index < -0.39 is 5.91 Å². The molecule has 0 saturated carbocycles. The van der Waals surface area contributed by atoms with E-state index in [9.17, 15) is 4.79 Å². The molecular formula is C10H10N4O2. The van der Waals surface area contributed by atoms with Crippen molar-refractivity contribution in [1.29, 1.82) is 0 Å². The summed E-state index contributed by atoms with van der Waals surface area (Å²) in [6, 6.07) is 3.20. The van der Waals surface area contributed by atoms with Crippen LogP contribution in [-0.4, -0.2) is 22.1 Å². The van der Waals surface area contributed by atoms with Crippen molar-refractivity contribution in [2.24, 2.45) is 5.10 Å². The Balaban J connectivity index is 1.96. The van der Waals surface area contributed by atoms with E-state index >= 15 is 0 Å². The van der Waals surface area contributed by atoms with Gasteiger partial charge in [0.2, 0.25) is 0 Å². The van der Waals surface area contributed by atoms with Crippen molar-refractivity contribution < 1.29 is 9.21 Å². The van der Waals surface area contributed by atoms with Gasteiger partial charge in [0.15, 0.2) is 5.76 Å². The number of aryl methyl sites for hydroxylation is 1. The van der Waals surface area contributed by atoms with Crippen molar-refractivity contribution in [3.05, 3.63) is 41.9 Å². The summed E-state index contributed by atoms with van der Waals surface area (Å²) in [4.78, 5) is 18.3. The number of aromatic nitrogens is 2. The second-order valence-corrected chi connectivity index (χ2v) is 3.09. The molecule has 6 nitrogen and oxygen atoms in total. The Kier molecular flexibility index (Phi) is 2.81. The molecule has 0 saturated heterocycles. The Hall–Kier alpha value is -2.37. The van der Waals surface area contributed by atoms with Crippen LogP contribution in [-0.2, 0) is 0 Å². The van der Waals surface area contributed by atoms with Gasteiger partial charge in [-0.05, 0) is 19.1 Å². The highest BCUT2D eigenvalue weighted by Crippen LogP contribution is 1.99. The molecule has 0 radical (unpaired) electrons. The minimum atomic E-state index is -0.394. The first-order valence-corrected chi connectivity index (χ1v) is 4.64. The quantitative estimate of drug-likeness (QED) is 0.597. The SMILES string of the molecule is Cc1[nH]cnc1/C=N\NC(=O)c1ccco1. The van der Waals surface area contributed by atoms with Crippen LogP contribution in [0.3, 0.4) is 0 Å². The Morgan fingerprint density at radius 2 is 2.56 bits per heavy atom. The standard InChI is InChI=1S/C10H10N4O2/c1-7-8(12-6-11-7)5-13-14-10(15)9-3-2-4-16-9/h2-6H,1H3,(H,11,12)(H,14,15)/b13-5-. The van der Waals surface area contributed by atoms with Gasteiger partial charge in [-0.2, -0.15) is 5.10 Å². The van der Waals surface area contributed by atoms with E-state index in [0.29, 0.717) is 5.69 Å². The molecule has 0 bridgehead atoms. The van der Waals surface area contributed by atoms with Crippen LogP contribution in [0.1, 0.15) is 21.9 Å². The van der Waals surface area contributed by atoms with Gasteiger partial charge in [-0.3, -0.25) is 4.79 Å². The fourth-order valence-corrected chi connectivity index (χ4v) is 1.11. The summed E-state index contributed by atoms with van der Waals surface area (Å²) in [5.74, 6) is -0.176. The highest BCUT2D eigenvalue weighted by molar-refractivity contribution is 5.92. The zero-order valence-electron chi connectivity index (χ0n) is 8.60. The number of carbonyl (C=O) groups excluding carboxylic acids is 1. The molecule has 1 amide bonds. The van der Waals surface area contributed by atoms with Crippen LogP contribution in [0.25, 0.3) is 0 Å². The summed E-state index contributed by atoms with van der Waals surface area (Å²) >= 11 is 0. The lowest BCUT2D eigenvalue weighted by Crippen LogP contribution is -2.16. The van der Waals surface area contributed by atoms with Crippen LogP contribution in [0.15, 0.2) is 34.2 Å². The molecule has 2 rings (SSSR count). The van der Waals surface area contributed by atoms with Crippen molar-refractivity contribution >= 4 is 12.1 Å². The number of hydrazone groups is 1.